The monoisotopic (exact) mass is 361 g/mol. The van der Waals surface area contributed by atoms with Gasteiger partial charge in [0.1, 0.15) is 5.82 Å². The number of aryl methyl sites for hydroxylation is 1. The van der Waals surface area contributed by atoms with Crippen LogP contribution in [0.15, 0.2) is 47.3 Å². The van der Waals surface area contributed by atoms with E-state index < -0.39 is 0 Å². The maximum Gasteiger partial charge on any atom is 0.261 e. The predicted octanol–water partition coefficient (Wildman–Crippen LogP) is 3.32. The molecule has 27 heavy (non-hydrogen) atoms. The lowest BCUT2D eigenvalue weighted by molar-refractivity contribution is -0.119. The minimum atomic E-state index is -0.318. The second-order valence-electron chi connectivity index (χ2n) is 7.53. The first-order chi connectivity index (χ1) is 12.9. The van der Waals surface area contributed by atoms with Crippen LogP contribution in [0.25, 0.3) is 10.9 Å². The topological polar surface area (TPSA) is 55.2 Å². The maximum absolute atomic E-state index is 13.2. The summed E-state index contributed by atoms with van der Waals surface area (Å²) < 4.78 is 1.57. The molecule has 5 heteroatoms. The zero-order valence-electron chi connectivity index (χ0n) is 16.1. The molecule has 0 N–H and O–H groups in total. The highest BCUT2D eigenvalue weighted by Gasteiger charge is 2.39. The van der Waals surface area contributed by atoms with Crippen molar-refractivity contribution in [3.63, 3.8) is 0 Å². The Morgan fingerprint density at radius 3 is 2.59 bits per heavy atom. The Morgan fingerprint density at radius 2 is 1.85 bits per heavy atom. The summed E-state index contributed by atoms with van der Waals surface area (Å²) in [5, 5.41) is 0.599. The number of aromatic nitrogens is 2. The molecule has 0 bridgehead atoms. The number of para-hydroxylation sites is 1. The van der Waals surface area contributed by atoms with Crippen LogP contribution in [0.2, 0.25) is 0 Å². The third-order valence-corrected chi connectivity index (χ3v) is 5.33. The number of anilines is 1. The Morgan fingerprint density at radius 1 is 1.11 bits per heavy atom. The van der Waals surface area contributed by atoms with Gasteiger partial charge in [0.05, 0.1) is 16.8 Å². The van der Waals surface area contributed by atoms with E-state index in [-0.39, 0.29) is 23.4 Å². The van der Waals surface area contributed by atoms with Gasteiger partial charge in [0.2, 0.25) is 5.91 Å². The van der Waals surface area contributed by atoms with Crippen LogP contribution in [0.3, 0.4) is 0 Å². The molecule has 2 heterocycles. The van der Waals surface area contributed by atoms with Crippen LogP contribution in [-0.2, 0) is 18.3 Å². The van der Waals surface area contributed by atoms with E-state index in [1.807, 2.05) is 56.0 Å². The normalized spacial score (nSPS) is 16.4. The molecule has 1 aliphatic heterocycles. The summed E-state index contributed by atoms with van der Waals surface area (Å²) >= 11 is 0. The quantitative estimate of drug-likeness (QED) is 0.719. The van der Waals surface area contributed by atoms with Gasteiger partial charge in [-0.1, -0.05) is 29.8 Å². The smallest absolute Gasteiger partial charge is 0.261 e. The number of fused-ring (bicyclic) bond motifs is 2. The van der Waals surface area contributed by atoms with E-state index in [0.717, 1.165) is 16.8 Å². The molecule has 4 rings (SSSR count). The lowest BCUT2D eigenvalue weighted by Crippen LogP contribution is -2.36. The molecule has 2 aromatic carbocycles. The molecule has 1 atom stereocenters. The van der Waals surface area contributed by atoms with E-state index in [4.69, 9.17) is 4.98 Å². The van der Waals surface area contributed by atoms with Gasteiger partial charge in [0.25, 0.3) is 5.56 Å². The molecule has 0 fully saturated rings. The number of amides is 1. The van der Waals surface area contributed by atoms with Crippen molar-refractivity contribution >= 4 is 22.5 Å². The maximum atomic E-state index is 13.2. The molecule has 1 aromatic heterocycles. The fourth-order valence-electron chi connectivity index (χ4n) is 3.95. The van der Waals surface area contributed by atoms with Gasteiger partial charge in [-0.3, -0.25) is 14.2 Å². The Balaban J connectivity index is 1.83. The van der Waals surface area contributed by atoms with Crippen molar-refractivity contribution in [1.82, 2.24) is 9.55 Å². The summed E-state index contributed by atoms with van der Waals surface area (Å²) in [4.78, 5) is 32.4. The minimum Gasteiger partial charge on any atom is -0.309 e. The van der Waals surface area contributed by atoms with Crippen LogP contribution in [0, 0.1) is 6.92 Å². The summed E-state index contributed by atoms with van der Waals surface area (Å²) in [6.45, 7) is 6.08. The van der Waals surface area contributed by atoms with E-state index in [9.17, 15) is 9.59 Å². The molecular formula is C22H23N3O2. The summed E-state index contributed by atoms with van der Waals surface area (Å²) in [5.74, 6) is 0.393. The Hall–Kier alpha value is -2.95. The van der Waals surface area contributed by atoms with E-state index in [1.54, 1.807) is 17.7 Å². The molecule has 0 spiro atoms. The summed E-state index contributed by atoms with van der Waals surface area (Å²) in [7, 11) is 1.73. The molecule has 3 aromatic rings. The first-order valence-electron chi connectivity index (χ1n) is 9.26. The highest BCUT2D eigenvalue weighted by Crippen LogP contribution is 2.40. The summed E-state index contributed by atoms with van der Waals surface area (Å²) in [5.41, 5.74) is 3.71. The van der Waals surface area contributed by atoms with Crippen molar-refractivity contribution in [3.8, 4) is 0 Å². The van der Waals surface area contributed by atoms with E-state index in [1.165, 1.54) is 0 Å². The molecule has 1 amide bonds. The predicted molar refractivity (Wildman–Crippen MR) is 107 cm³/mol. The van der Waals surface area contributed by atoms with Crippen molar-refractivity contribution in [3.05, 3.63) is 69.8 Å². The Bertz CT molecular complexity index is 1110. The number of hydrogen-bond donors (Lipinski definition) is 0. The fourth-order valence-corrected chi connectivity index (χ4v) is 3.95. The summed E-state index contributed by atoms with van der Waals surface area (Å²) in [6, 6.07) is 13.6. The van der Waals surface area contributed by atoms with E-state index >= 15 is 0 Å². The van der Waals surface area contributed by atoms with Crippen LogP contribution in [0.5, 0.6) is 0 Å². The van der Waals surface area contributed by atoms with Gasteiger partial charge < -0.3 is 4.90 Å². The van der Waals surface area contributed by atoms with Crippen molar-refractivity contribution in [2.75, 3.05) is 4.90 Å². The van der Waals surface area contributed by atoms with Gasteiger partial charge in [-0.25, -0.2) is 4.98 Å². The van der Waals surface area contributed by atoms with E-state index in [2.05, 4.69) is 6.07 Å². The van der Waals surface area contributed by atoms with Crippen molar-refractivity contribution < 1.29 is 4.79 Å². The zero-order valence-corrected chi connectivity index (χ0v) is 16.1. The molecule has 0 saturated carbocycles. The molecule has 138 valence electrons. The molecule has 0 radical (unpaired) electrons. The standard InChI is InChI=1S/C22H23N3O2/c1-13(2)25-19-10-9-14(3)11-16(19)17(22(25)27)12-20-23-18-8-6-5-7-15(18)21(26)24(20)4/h5-11,13,17H,12H2,1-4H3/t17-/m0/s1. The minimum absolute atomic E-state index is 0.0769. The van der Waals surface area contributed by atoms with Gasteiger partial charge in [0.15, 0.2) is 0 Å². The molecule has 0 saturated heterocycles. The van der Waals surface area contributed by atoms with Crippen LogP contribution in [0.4, 0.5) is 5.69 Å². The van der Waals surface area contributed by atoms with Crippen molar-refractivity contribution in [1.29, 1.82) is 0 Å². The van der Waals surface area contributed by atoms with Crippen molar-refractivity contribution in [2.24, 2.45) is 7.05 Å². The van der Waals surface area contributed by atoms with Crippen LogP contribution >= 0.6 is 0 Å². The number of hydrogen-bond acceptors (Lipinski definition) is 3. The lowest BCUT2D eigenvalue weighted by atomic mass is 9.95. The molecule has 0 unspecified atom stereocenters. The number of carbonyl (C=O) groups is 1. The highest BCUT2D eigenvalue weighted by molar-refractivity contribution is 6.05. The number of benzene rings is 2. The second-order valence-corrected chi connectivity index (χ2v) is 7.53. The van der Waals surface area contributed by atoms with Gasteiger partial charge in [-0.2, -0.15) is 0 Å². The average molecular weight is 361 g/mol. The van der Waals surface area contributed by atoms with Gasteiger partial charge in [0, 0.05) is 25.2 Å². The van der Waals surface area contributed by atoms with Crippen LogP contribution in [0.1, 0.15) is 36.7 Å². The average Bonchev–Trinajstić information content (AvgIpc) is 2.91. The SMILES string of the molecule is Cc1ccc2c(c1)[C@H](Cc1nc3ccccc3c(=O)n1C)C(=O)N2C(C)C. The largest absolute Gasteiger partial charge is 0.309 e. The third kappa shape index (κ3) is 2.74. The lowest BCUT2D eigenvalue weighted by Gasteiger charge is -2.22. The van der Waals surface area contributed by atoms with Gasteiger partial charge >= 0.3 is 0 Å². The zero-order chi connectivity index (χ0) is 19.3. The number of rotatable bonds is 3. The number of nitrogens with zero attached hydrogens (tertiary/aromatic N) is 3. The van der Waals surface area contributed by atoms with Crippen LogP contribution < -0.4 is 10.5 Å². The first-order valence-corrected chi connectivity index (χ1v) is 9.26. The fraction of sp³-hybridized carbons (Fsp3) is 0.318. The van der Waals surface area contributed by atoms with Gasteiger partial charge in [-0.15, -0.1) is 0 Å². The highest BCUT2D eigenvalue weighted by atomic mass is 16.2. The molecular weight excluding hydrogens is 338 g/mol. The first kappa shape index (κ1) is 17.5. The van der Waals surface area contributed by atoms with E-state index in [0.29, 0.717) is 23.1 Å². The Labute approximate surface area is 158 Å². The Kier molecular flexibility index (Phi) is 4.10. The second kappa shape index (κ2) is 6.34. The van der Waals surface area contributed by atoms with Crippen molar-refractivity contribution in [2.45, 2.75) is 39.2 Å². The van der Waals surface area contributed by atoms with Gasteiger partial charge in [-0.05, 0) is 44.5 Å². The molecule has 1 aliphatic rings. The number of carbonyl (C=O) groups excluding carboxylic acids is 1. The third-order valence-electron chi connectivity index (χ3n) is 5.33. The molecule has 0 aliphatic carbocycles. The van der Waals surface area contributed by atoms with Crippen LogP contribution in [-0.4, -0.2) is 21.5 Å². The summed E-state index contributed by atoms with van der Waals surface area (Å²) in [6.07, 6.45) is 0.412. The molecule has 5 nitrogen and oxygen atoms in total.